The molecular weight excluding hydrogens is 214 g/mol. The van der Waals surface area contributed by atoms with E-state index < -0.39 is 11.5 Å². The summed E-state index contributed by atoms with van der Waals surface area (Å²) in [6.07, 6.45) is 8.96. The molecule has 0 aromatic heterocycles. The molecule has 17 heavy (non-hydrogen) atoms. The van der Waals surface area contributed by atoms with Gasteiger partial charge in [0.2, 0.25) is 0 Å². The molecule has 0 saturated carbocycles. The molecule has 1 saturated heterocycles. The largest absolute Gasteiger partial charge is 0.480 e. The Morgan fingerprint density at radius 2 is 1.82 bits per heavy atom. The molecule has 3 heteroatoms. The summed E-state index contributed by atoms with van der Waals surface area (Å²) in [6.45, 7) is 6.00. The Morgan fingerprint density at radius 3 is 2.35 bits per heavy atom. The molecule has 1 fully saturated rings. The maximum atomic E-state index is 11.5. The van der Waals surface area contributed by atoms with E-state index in [0.29, 0.717) is 0 Å². The lowest BCUT2D eigenvalue weighted by Crippen LogP contribution is -2.54. The zero-order valence-corrected chi connectivity index (χ0v) is 11.4. The van der Waals surface area contributed by atoms with Crippen molar-refractivity contribution in [2.24, 2.45) is 0 Å². The van der Waals surface area contributed by atoms with Crippen molar-refractivity contribution in [3.05, 3.63) is 0 Å². The quantitative estimate of drug-likeness (QED) is 0.695. The van der Waals surface area contributed by atoms with Crippen LogP contribution >= 0.6 is 0 Å². The van der Waals surface area contributed by atoms with E-state index in [1.807, 2.05) is 6.92 Å². The van der Waals surface area contributed by atoms with Crippen molar-refractivity contribution >= 4 is 5.97 Å². The lowest BCUT2D eigenvalue weighted by Gasteiger charge is -2.40. The molecule has 0 amide bonds. The molecule has 1 unspecified atom stereocenters. The fourth-order valence-electron chi connectivity index (χ4n) is 2.68. The molecule has 1 N–H and O–H groups in total. The second-order valence-electron chi connectivity index (χ2n) is 5.44. The summed E-state index contributed by atoms with van der Waals surface area (Å²) in [6, 6.07) is 0. The van der Waals surface area contributed by atoms with E-state index in [2.05, 4.69) is 11.8 Å². The molecule has 1 rings (SSSR count). The lowest BCUT2D eigenvalue weighted by molar-refractivity contribution is -0.152. The molecular formula is C14H27NO2. The van der Waals surface area contributed by atoms with Crippen LogP contribution in [-0.4, -0.2) is 34.6 Å². The number of piperidine rings is 1. The van der Waals surface area contributed by atoms with Gasteiger partial charge in [-0.2, -0.15) is 0 Å². The summed E-state index contributed by atoms with van der Waals surface area (Å²) in [5, 5.41) is 9.50. The molecule has 100 valence electrons. The number of aliphatic carboxylic acids is 1. The average Bonchev–Trinajstić information content (AvgIpc) is 2.35. The van der Waals surface area contributed by atoms with Crippen molar-refractivity contribution in [2.75, 3.05) is 13.1 Å². The SMILES string of the molecule is CCCCCCC(C)(C(=O)O)N1CCCCC1. The molecule has 0 aromatic carbocycles. The minimum absolute atomic E-state index is 0.631. The Balaban J connectivity index is 2.51. The molecule has 0 aliphatic carbocycles. The Morgan fingerprint density at radius 1 is 1.18 bits per heavy atom. The number of hydrogen-bond acceptors (Lipinski definition) is 2. The van der Waals surface area contributed by atoms with Crippen molar-refractivity contribution in [1.82, 2.24) is 4.90 Å². The van der Waals surface area contributed by atoms with Crippen molar-refractivity contribution in [2.45, 2.75) is 70.8 Å². The van der Waals surface area contributed by atoms with Crippen LogP contribution in [0.25, 0.3) is 0 Å². The Hall–Kier alpha value is -0.570. The molecule has 0 aromatic rings. The minimum Gasteiger partial charge on any atom is -0.480 e. The molecule has 1 aliphatic rings. The smallest absolute Gasteiger partial charge is 0.323 e. The molecule has 1 aliphatic heterocycles. The Bertz CT molecular complexity index is 236. The fourth-order valence-corrected chi connectivity index (χ4v) is 2.68. The number of unbranched alkanes of at least 4 members (excludes halogenated alkanes) is 3. The number of carboxylic acid groups (broad SMARTS) is 1. The first-order valence-electron chi connectivity index (χ1n) is 7.09. The summed E-state index contributed by atoms with van der Waals surface area (Å²) in [7, 11) is 0. The van der Waals surface area contributed by atoms with Crippen molar-refractivity contribution in [3.8, 4) is 0 Å². The van der Waals surface area contributed by atoms with Crippen LogP contribution in [0, 0.1) is 0 Å². The van der Waals surface area contributed by atoms with Crippen LogP contribution in [0.1, 0.15) is 65.2 Å². The van der Waals surface area contributed by atoms with Gasteiger partial charge < -0.3 is 5.11 Å². The van der Waals surface area contributed by atoms with Crippen LogP contribution in [0.2, 0.25) is 0 Å². The number of rotatable bonds is 7. The number of carboxylic acids is 1. The van der Waals surface area contributed by atoms with Gasteiger partial charge in [0, 0.05) is 0 Å². The van der Waals surface area contributed by atoms with Gasteiger partial charge in [0.05, 0.1) is 0 Å². The summed E-state index contributed by atoms with van der Waals surface area (Å²) in [4.78, 5) is 13.7. The van der Waals surface area contributed by atoms with Crippen molar-refractivity contribution < 1.29 is 9.90 Å². The van der Waals surface area contributed by atoms with E-state index in [1.54, 1.807) is 0 Å². The van der Waals surface area contributed by atoms with Gasteiger partial charge in [0.1, 0.15) is 5.54 Å². The topological polar surface area (TPSA) is 40.5 Å². The zero-order chi connectivity index (χ0) is 12.7. The first-order valence-corrected chi connectivity index (χ1v) is 7.09. The van der Waals surface area contributed by atoms with Gasteiger partial charge in [-0.1, -0.05) is 39.0 Å². The van der Waals surface area contributed by atoms with Gasteiger partial charge in [0.25, 0.3) is 0 Å². The lowest BCUT2D eigenvalue weighted by atomic mass is 9.90. The highest BCUT2D eigenvalue weighted by Crippen LogP contribution is 2.26. The first-order chi connectivity index (χ1) is 8.11. The number of likely N-dealkylation sites (tertiary alicyclic amines) is 1. The van der Waals surface area contributed by atoms with Crippen molar-refractivity contribution in [3.63, 3.8) is 0 Å². The van der Waals surface area contributed by atoms with E-state index >= 15 is 0 Å². The number of carbonyl (C=O) groups is 1. The second-order valence-corrected chi connectivity index (χ2v) is 5.44. The van der Waals surface area contributed by atoms with Gasteiger partial charge in [-0.15, -0.1) is 0 Å². The normalized spacial score (nSPS) is 21.1. The highest BCUT2D eigenvalue weighted by molar-refractivity contribution is 5.78. The molecule has 1 heterocycles. The monoisotopic (exact) mass is 241 g/mol. The van der Waals surface area contributed by atoms with Crippen LogP contribution in [0.15, 0.2) is 0 Å². The number of nitrogens with zero attached hydrogens (tertiary/aromatic N) is 1. The van der Waals surface area contributed by atoms with Crippen LogP contribution in [-0.2, 0) is 4.79 Å². The predicted octanol–water partition coefficient (Wildman–Crippen LogP) is 3.29. The average molecular weight is 241 g/mol. The Kier molecular flexibility index (Phi) is 5.96. The maximum absolute atomic E-state index is 11.5. The fraction of sp³-hybridized carbons (Fsp3) is 0.929. The standard InChI is InChI=1S/C14H27NO2/c1-3-4-5-7-10-14(2,13(16)17)15-11-8-6-9-12-15/h3-12H2,1-2H3,(H,16,17). The van der Waals surface area contributed by atoms with Gasteiger partial charge in [0.15, 0.2) is 0 Å². The molecule has 1 atom stereocenters. The van der Waals surface area contributed by atoms with E-state index in [0.717, 1.165) is 45.2 Å². The summed E-state index contributed by atoms with van der Waals surface area (Å²) in [5.41, 5.74) is -0.631. The summed E-state index contributed by atoms with van der Waals surface area (Å²) >= 11 is 0. The van der Waals surface area contributed by atoms with E-state index in [-0.39, 0.29) is 0 Å². The van der Waals surface area contributed by atoms with E-state index in [1.165, 1.54) is 19.3 Å². The Labute approximate surface area is 105 Å². The highest BCUT2D eigenvalue weighted by Gasteiger charge is 2.39. The van der Waals surface area contributed by atoms with E-state index in [9.17, 15) is 9.90 Å². The predicted molar refractivity (Wildman–Crippen MR) is 70.2 cm³/mol. The van der Waals surface area contributed by atoms with Gasteiger partial charge in [-0.25, -0.2) is 0 Å². The third-order valence-electron chi connectivity index (χ3n) is 4.03. The van der Waals surface area contributed by atoms with Crippen LogP contribution in [0.4, 0.5) is 0 Å². The summed E-state index contributed by atoms with van der Waals surface area (Å²) in [5.74, 6) is -0.643. The third-order valence-corrected chi connectivity index (χ3v) is 4.03. The second kappa shape index (κ2) is 7.00. The van der Waals surface area contributed by atoms with Gasteiger partial charge in [-0.3, -0.25) is 9.69 Å². The highest BCUT2D eigenvalue weighted by atomic mass is 16.4. The van der Waals surface area contributed by atoms with Crippen LogP contribution in [0.5, 0.6) is 0 Å². The van der Waals surface area contributed by atoms with Crippen LogP contribution < -0.4 is 0 Å². The van der Waals surface area contributed by atoms with E-state index in [4.69, 9.17) is 0 Å². The van der Waals surface area contributed by atoms with Gasteiger partial charge in [-0.05, 0) is 39.3 Å². The number of hydrogen-bond donors (Lipinski definition) is 1. The molecule has 0 radical (unpaired) electrons. The third kappa shape index (κ3) is 3.98. The molecule has 0 spiro atoms. The zero-order valence-electron chi connectivity index (χ0n) is 11.4. The van der Waals surface area contributed by atoms with Crippen molar-refractivity contribution in [1.29, 1.82) is 0 Å². The molecule has 3 nitrogen and oxygen atoms in total. The molecule has 0 bridgehead atoms. The van der Waals surface area contributed by atoms with Crippen LogP contribution in [0.3, 0.4) is 0 Å². The van der Waals surface area contributed by atoms with Gasteiger partial charge >= 0.3 is 5.97 Å². The maximum Gasteiger partial charge on any atom is 0.323 e. The summed E-state index contributed by atoms with van der Waals surface area (Å²) < 4.78 is 0. The first kappa shape index (κ1) is 14.5. The minimum atomic E-state index is -0.643.